The van der Waals surface area contributed by atoms with Crippen LogP contribution in [0.25, 0.3) is 0 Å². The molecule has 6 nitrogen and oxygen atoms in total. The molecule has 182 valence electrons. The number of hydrogen-bond donors (Lipinski definition) is 3. The molecule has 1 aromatic heterocycles. The predicted molar refractivity (Wildman–Crippen MR) is 137 cm³/mol. The lowest BCUT2D eigenvalue weighted by Gasteiger charge is -2.20. The van der Waals surface area contributed by atoms with Crippen molar-refractivity contribution in [2.75, 3.05) is 16.0 Å². The fraction of sp³-hybridized carbons (Fsp3) is 0.321. The maximum atomic E-state index is 14.7. The van der Waals surface area contributed by atoms with Crippen molar-refractivity contribution in [1.29, 1.82) is 0 Å². The van der Waals surface area contributed by atoms with Crippen LogP contribution in [0.5, 0.6) is 0 Å². The van der Waals surface area contributed by atoms with Gasteiger partial charge in [0.2, 0.25) is 5.91 Å². The van der Waals surface area contributed by atoms with Crippen molar-refractivity contribution < 1.29 is 14.0 Å². The predicted octanol–water partition coefficient (Wildman–Crippen LogP) is 6.30. The van der Waals surface area contributed by atoms with Gasteiger partial charge >= 0.3 is 6.03 Å². The van der Waals surface area contributed by atoms with E-state index in [2.05, 4.69) is 41.7 Å². The Morgan fingerprint density at radius 2 is 1.69 bits per heavy atom. The summed E-state index contributed by atoms with van der Waals surface area (Å²) in [6.07, 6.45) is 4.83. The van der Waals surface area contributed by atoms with Gasteiger partial charge in [-0.25, -0.2) is 14.2 Å². The van der Waals surface area contributed by atoms with Crippen LogP contribution in [0.1, 0.15) is 50.3 Å². The molecule has 0 atom stereocenters. The quantitative estimate of drug-likeness (QED) is 0.376. The second kappa shape index (κ2) is 10.3. The molecule has 1 saturated carbocycles. The van der Waals surface area contributed by atoms with E-state index in [1.807, 2.05) is 30.3 Å². The van der Waals surface area contributed by atoms with Gasteiger partial charge in [-0.15, -0.1) is 0 Å². The molecule has 0 aliphatic heterocycles. The molecule has 1 aliphatic carbocycles. The van der Waals surface area contributed by atoms with E-state index in [0.29, 0.717) is 24.3 Å². The van der Waals surface area contributed by atoms with Gasteiger partial charge < -0.3 is 16.0 Å². The summed E-state index contributed by atoms with van der Waals surface area (Å²) in [4.78, 5) is 28.6. The fourth-order valence-corrected chi connectivity index (χ4v) is 3.72. The number of carbonyl (C=O) groups excluding carboxylic acids is 2. The molecule has 35 heavy (non-hydrogen) atoms. The van der Waals surface area contributed by atoms with E-state index in [1.54, 1.807) is 24.4 Å². The van der Waals surface area contributed by atoms with Crippen LogP contribution in [0.15, 0.2) is 60.8 Å². The van der Waals surface area contributed by atoms with Crippen molar-refractivity contribution in [3.05, 3.63) is 83.3 Å². The smallest absolute Gasteiger partial charge is 0.310 e. The summed E-state index contributed by atoms with van der Waals surface area (Å²) in [6.45, 7) is 6.30. The number of aromatic nitrogens is 1. The Balaban J connectivity index is 1.32. The number of nitrogens with one attached hydrogen (secondary N) is 3. The van der Waals surface area contributed by atoms with Gasteiger partial charge in [0.15, 0.2) is 0 Å². The minimum Gasteiger partial charge on any atom is -0.310 e. The largest absolute Gasteiger partial charge is 0.323 e. The van der Waals surface area contributed by atoms with E-state index in [1.165, 1.54) is 6.07 Å². The minimum atomic E-state index is -0.500. The number of carbonyl (C=O) groups is 2. The third-order valence-electron chi connectivity index (χ3n) is 5.99. The molecule has 0 spiro atoms. The molecular weight excluding hydrogens is 443 g/mol. The van der Waals surface area contributed by atoms with Crippen molar-refractivity contribution in [2.45, 2.75) is 51.9 Å². The van der Waals surface area contributed by atoms with Gasteiger partial charge in [-0.3, -0.25) is 4.79 Å². The van der Waals surface area contributed by atoms with Crippen LogP contribution in [0.2, 0.25) is 0 Å². The number of hydrogen-bond acceptors (Lipinski definition) is 3. The third-order valence-corrected chi connectivity index (χ3v) is 5.99. The number of amides is 3. The highest BCUT2D eigenvalue weighted by Crippen LogP contribution is 2.30. The number of urea groups is 1. The van der Waals surface area contributed by atoms with Gasteiger partial charge in [0.1, 0.15) is 11.6 Å². The molecule has 1 fully saturated rings. The molecule has 2 aromatic carbocycles. The Labute approximate surface area is 205 Å². The van der Waals surface area contributed by atoms with Gasteiger partial charge in [0.25, 0.3) is 0 Å². The zero-order chi connectivity index (χ0) is 25.0. The number of halogens is 1. The maximum absolute atomic E-state index is 14.7. The highest BCUT2D eigenvalue weighted by Gasteiger charge is 2.29. The van der Waals surface area contributed by atoms with Crippen molar-refractivity contribution in [3.8, 4) is 0 Å². The normalized spacial score (nSPS) is 13.3. The summed E-state index contributed by atoms with van der Waals surface area (Å²) in [5.41, 5.74) is 3.64. The lowest BCUT2D eigenvalue weighted by molar-refractivity contribution is -0.117. The zero-order valence-corrected chi connectivity index (χ0v) is 20.3. The van der Waals surface area contributed by atoms with Gasteiger partial charge in [0.05, 0.1) is 5.69 Å². The second-order valence-corrected chi connectivity index (χ2v) is 10.0. The van der Waals surface area contributed by atoms with Crippen LogP contribution in [0.4, 0.5) is 26.4 Å². The summed E-state index contributed by atoms with van der Waals surface area (Å²) in [5, 5.41) is 8.20. The number of rotatable bonds is 7. The first-order valence-electron chi connectivity index (χ1n) is 11.9. The average Bonchev–Trinajstić information content (AvgIpc) is 3.65. The molecule has 0 saturated heterocycles. The summed E-state index contributed by atoms with van der Waals surface area (Å²) in [5.74, 6) is 0.189. The molecular formula is C28H31FN4O2. The zero-order valence-electron chi connectivity index (χ0n) is 20.3. The third kappa shape index (κ3) is 6.88. The van der Waals surface area contributed by atoms with Crippen molar-refractivity contribution in [2.24, 2.45) is 5.92 Å². The van der Waals surface area contributed by atoms with E-state index in [9.17, 15) is 14.0 Å². The Morgan fingerprint density at radius 3 is 2.37 bits per heavy atom. The molecule has 0 unspecified atom stereocenters. The van der Waals surface area contributed by atoms with Crippen molar-refractivity contribution >= 4 is 29.1 Å². The molecule has 1 heterocycles. The number of nitrogens with zero attached hydrogens (tertiary/aromatic N) is 1. The van der Waals surface area contributed by atoms with Gasteiger partial charge in [-0.1, -0.05) is 39.0 Å². The Morgan fingerprint density at radius 1 is 0.943 bits per heavy atom. The van der Waals surface area contributed by atoms with Gasteiger partial charge in [-0.05, 0) is 84.2 Å². The first-order valence-corrected chi connectivity index (χ1v) is 11.9. The minimum absolute atomic E-state index is 0.0192. The first-order chi connectivity index (χ1) is 16.7. The Kier molecular flexibility index (Phi) is 7.15. The van der Waals surface area contributed by atoms with Crippen LogP contribution < -0.4 is 16.0 Å². The van der Waals surface area contributed by atoms with Crippen LogP contribution in [0.3, 0.4) is 0 Å². The summed E-state index contributed by atoms with van der Waals surface area (Å²) in [6, 6.07) is 15.7. The van der Waals surface area contributed by atoms with Crippen molar-refractivity contribution in [3.63, 3.8) is 0 Å². The molecule has 1 aliphatic rings. The van der Waals surface area contributed by atoms with Crippen LogP contribution in [-0.2, 0) is 23.1 Å². The summed E-state index contributed by atoms with van der Waals surface area (Å²) in [7, 11) is 0. The standard InChI is InChI=1S/C28H31FN4O2/c1-28(2,3)21-5-4-6-22(17-21)31-27(35)32-24-12-9-18(15-23(24)29)7-8-19-13-14-30-25(16-19)33-26(34)20-10-11-20/h4-6,9,12-17,20H,7-8,10-11H2,1-3H3,(H,30,33,34)(H2,31,32,35). The lowest BCUT2D eigenvalue weighted by Crippen LogP contribution is -2.20. The fourth-order valence-electron chi connectivity index (χ4n) is 3.72. The Hall–Kier alpha value is -3.74. The van der Waals surface area contributed by atoms with Crippen LogP contribution >= 0.6 is 0 Å². The van der Waals surface area contributed by atoms with E-state index in [0.717, 1.165) is 29.5 Å². The average molecular weight is 475 g/mol. The van der Waals surface area contributed by atoms with Crippen LogP contribution in [0, 0.1) is 11.7 Å². The molecule has 7 heteroatoms. The number of pyridine rings is 1. The van der Waals surface area contributed by atoms with Gasteiger partial charge in [-0.2, -0.15) is 0 Å². The molecule has 3 amide bonds. The van der Waals surface area contributed by atoms with E-state index in [-0.39, 0.29) is 22.9 Å². The molecule has 0 bridgehead atoms. The highest BCUT2D eigenvalue weighted by molar-refractivity contribution is 5.99. The van der Waals surface area contributed by atoms with E-state index in [4.69, 9.17) is 0 Å². The topological polar surface area (TPSA) is 83.1 Å². The second-order valence-electron chi connectivity index (χ2n) is 10.0. The summed E-state index contributed by atoms with van der Waals surface area (Å²) < 4.78 is 14.7. The molecule has 3 N–H and O–H groups in total. The number of aryl methyl sites for hydroxylation is 2. The van der Waals surface area contributed by atoms with Gasteiger partial charge in [0, 0.05) is 17.8 Å². The SMILES string of the molecule is CC(C)(C)c1cccc(NC(=O)Nc2ccc(CCc3ccnc(NC(=O)C4CC4)c3)cc2F)c1. The Bertz CT molecular complexity index is 1230. The number of anilines is 3. The van der Waals surface area contributed by atoms with E-state index < -0.39 is 11.8 Å². The first kappa shape index (κ1) is 24.4. The molecule has 4 rings (SSSR count). The number of benzene rings is 2. The lowest BCUT2D eigenvalue weighted by atomic mass is 9.87. The summed E-state index contributed by atoms with van der Waals surface area (Å²) >= 11 is 0. The molecule has 3 aromatic rings. The van der Waals surface area contributed by atoms with Crippen LogP contribution in [-0.4, -0.2) is 16.9 Å². The van der Waals surface area contributed by atoms with Crippen molar-refractivity contribution in [1.82, 2.24) is 4.98 Å². The maximum Gasteiger partial charge on any atom is 0.323 e. The molecule has 0 radical (unpaired) electrons. The highest BCUT2D eigenvalue weighted by atomic mass is 19.1. The monoisotopic (exact) mass is 474 g/mol. The van der Waals surface area contributed by atoms with E-state index >= 15 is 0 Å².